The van der Waals surface area contributed by atoms with E-state index in [1.54, 1.807) is 6.08 Å². The number of rotatable bonds is 3. The van der Waals surface area contributed by atoms with Crippen LogP contribution in [0.1, 0.15) is 17.5 Å². The van der Waals surface area contributed by atoms with Crippen LogP contribution in [-0.4, -0.2) is 8.42 Å². The summed E-state index contributed by atoms with van der Waals surface area (Å²) in [5, 5.41) is 0. The Morgan fingerprint density at radius 2 is 1.81 bits per heavy atom. The van der Waals surface area contributed by atoms with Gasteiger partial charge in [-0.15, -0.1) is 0 Å². The van der Waals surface area contributed by atoms with Gasteiger partial charge in [0.15, 0.2) is 0 Å². The second kappa shape index (κ2) is 5.33. The first-order valence-electron chi connectivity index (χ1n) is 6.61. The molecule has 21 heavy (non-hydrogen) atoms. The highest BCUT2D eigenvalue weighted by Gasteiger charge is 2.21. The van der Waals surface area contributed by atoms with Gasteiger partial charge in [-0.05, 0) is 48.2 Å². The van der Waals surface area contributed by atoms with Crippen molar-refractivity contribution in [3.05, 3.63) is 70.4 Å². The van der Waals surface area contributed by atoms with Gasteiger partial charge in [-0.3, -0.25) is 4.72 Å². The van der Waals surface area contributed by atoms with E-state index in [9.17, 15) is 12.8 Å². The standard InChI is InChI=1S/C16H14FNO2S/c17-14-6-3-7-15(11-14)18-21(19,20)16-9-8-12-4-1-2-5-13(12)10-16/h1-7,10-11,18H,8-9H2. The Labute approximate surface area is 123 Å². The van der Waals surface area contributed by atoms with Crippen LogP contribution in [0.3, 0.4) is 0 Å². The van der Waals surface area contributed by atoms with E-state index in [1.165, 1.54) is 18.2 Å². The maximum atomic E-state index is 13.1. The molecule has 0 saturated carbocycles. The molecule has 108 valence electrons. The smallest absolute Gasteiger partial charge is 0.258 e. The zero-order valence-corrected chi connectivity index (χ0v) is 12.0. The molecule has 0 fully saturated rings. The van der Waals surface area contributed by atoms with Crippen LogP contribution in [0.2, 0.25) is 0 Å². The number of aryl methyl sites for hydroxylation is 1. The third kappa shape index (κ3) is 2.97. The van der Waals surface area contributed by atoms with Crippen molar-refractivity contribution in [1.82, 2.24) is 0 Å². The maximum absolute atomic E-state index is 13.1. The molecule has 3 nitrogen and oxygen atoms in total. The fourth-order valence-electron chi connectivity index (χ4n) is 2.39. The molecule has 0 aromatic heterocycles. The predicted octanol–water partition coefficient (Wildman–Crippen LogP) is 3.55. The van der Waals surface area contributed by atoms with E-state index in [-0.39, 0.29) is 5.69 Å². The normalized spacial score (nSPS) is 14.2. The Hall–Kier alpha value is -2.14. The van der Waals surface area contributed by atoms with Crippen LogP contribution in [0.15, 0.2) is 53.4 Å². The van der Waals surface area contributed by atoms with Gasteiger partial charge in [-0.1, -0.05) is 30.3 Å². The Morgan fingerprint density at radius 1 is 1.00 bits per heavy atom. The summed E-state index contributed by atoms with van der Waals surface area (Å²) < 4.78 is 40.3. The largest absolute Gasteiger partial charge is 0.280 e. The molecule has 2 aromatic carbocycles. The lowest BCUT2D eigenvalue weighted by Crippen LogP contribution is -2.17. The molecular formula is C16H14FNO2S. The van der Waals surface area contributed by atoms with E-state index < -0.39 is 15.8 Å². The fraction of sp³-hybridized carbons (Fsp3) is 0.125. The van der Waals surface area contributed by atoms with Crippen molar-refractivity contribution in [3.63, 3.8) is 0 Å². The van der Waals surface area contributed by atoms with Crippen LogP contribution in [0.25, 0.3) is 6.08 Å². The number of allylic oxidation sites excluding steroid dienone is 1. The number of nitrogens with one attached hydrogen (secondary N) is 1. The third-order valence-electron chi connectivity index (χ3n) is 3.43. The third-order valence-corrected chi connectivity index (χ3v) is 4.95. The molecule has 0 saturated heterocycles. The fourth-order valence-corrected chi connectivity index (χ4v) is 3.61. The Bertz CT molecular complexity index is 813. The second-order valence-electron chi connectivity index (χ2n) is 4.93. The lowest BCUT2D eigenvalue weighted by molar-refractivity contribution is 0.605. The highest BCUT2D eigenvalue weighted by atomic mass is 32.2. The van der Waals surface area contributed by atoms with Gasteiger partial charge in [0.2, 0.25) is 0 Å². The van der Waals surface area contributed by atoms with Crippen molar-refractivity contribution >= 4 is 21.8 Å². The van der Waals surface area contributed by atoms with E-state index in [1.807, 2.05) is 24.3 Å². The summed E-state index contributed by atoms with van der Waals surface area (Å²) in [6, 6.07) is 13.1. The minimum Gasteiger partial charge on any atom is -0.280 e. The topological polar surface area (TPSA) is 46.2 Å². The number of halogens is 1. The molecule has 2 aromatic rings. The van der Waals surface area contributed by atoms with Crippen molar-refractivity contribution in [3.8, 4) is 0 Å². The Morgan fingerprint density at radius 3 is 2.62 bits per heavy atom. The van der Waals surface area contributed by atoms with E-state index in [0.717, 1.165) is 17.2 Å². The highest BCUT2D eigenvalue weighted by molar-refractivity contribution is 7.96. The molecule has 3 rings (SSSR count). The van der Waals surface area contributed by atoms with Gasteiger partial charge in [0.25, 0.3) is 10.0 Å². The molecule has 0 aliphatic heterocycles. The average molecular weight is 303 g/mol. The van der Waals surface area contributed by atoms with E-state index in [0.29, 0.717) is 17.7 Å². The molecular weight excluding hydrogens is 289 g/mol. The maximum Gasteiger partial charge on any atom is 0.258 e. The lowest BCUT2D eigenvalue weighted by Gasteiger charge is -2.17. The van der Waals surface area contributed by atoms with Crippen LogP contribution >= 0.6 is 0 Å². The Kier molecular flexibility index (Phi) is 3.51. The van der Waals surface area contributed by atoms with Gasteiger partial charge in [0, 0.05) is 0 Å². The van der Waals surface area contributed by atoms with Crippen LogP contribution in [0.5, 0.6) is 0 Å². The van der Waals surface area contributed by atoms with Crippen molar-refractivity contribution in [2.75, 3.05) is 4.72 Å². The first-order chi connectivity index (χ1) is 10.0. The van der Waals surface area contributed by atoms with Crippen molar-refractivity contribution < 1.29 is 12.8 Å². The second-order valence-corrected chi connectivity index (χ2v) is 6.66. The summed E-state index contributed by atoms with van der Waals surface area (Å²) in [6.45, 7) is 0. The summed E-state index contributed by atoms with van der Waals surface area (Å²) >= 11 is 0. The minimum atomic E-state index is -3.65. The monoisotopic (exact) mass is 303 g/mol. The number of fused-ring (bicyclic) bond motifs is 1. The van der Waals surface area contributed by atoms with Gasteiger partial charge >= 0.3 is 0 Å². The van der Waals surface area contributed by atoms with Crippen LogP contribution < -0.4 is 4.72 Å². The van der Waals surface area contributed by atoms with E-state index in [2.05, 4.69) is 4.72 Å². The zero-order valence-electron chi connectivity index (χ0n) is 11.2. The van der Waals surface area contributed by atoms with Crippen molar-refractivity contribution in [1.29, 1.82) is 0 Å². The average Bonchev–Trinajstić information content (AvgIpc) is 2.46. The molecule has 1 aliphatic rings. The molecule has 1 aliphatic carbocycles. The summed E-state index contributed by atoms with van der Waals surface area (Å²) in [5.41, 5.74) is 2.29. The number of anilines is 1. The summed E-state index contributed by atoms with van der Waals surface area (Å²) in [6.07, 6.45) is 2.81. The van der Waals surface area contributed by atoms with Crippen LogP contribution in [0, 0.1) is 5.82 Å². The number of sulfonamides is 1. The number of benzene rings is 2. The lowest BCUT2D eigenvalue weighted by atomic mass is 9.98. The first kappa shape index (κ1) is 13.8. The molecule has 0 unspecified atom stereocenters. The molecule has 0 radical (unpaired) electrons. The molecule has 0 heterocycles. The molecule has 0 bridgehead atoms. The minimum absolute atomic E-state index is 0.231. The molecule has 0 amide bonds. The SMILES string of the molecule is O=S(=O)(Nc1cccc(F)c1)C1=Cc2ccccc2CC1. The Balaban J connectivity index is 1.91. The van der Waals surface area contributed by atoms with Gasteiger partial charge in [0.05, 0.1) is 10.6 Å². The zero-order chi connectivity index (χ0) is 14.9. The molecule has 0 atom stereocenters. The molecule has 0 spiro atoms. The summed E-state index contributed by atoms with van der Waals surface area (Å²) in [7, 11) is -3.65. The van der Waals surface area contributed by atoms with E-state index in [4.69, 9.17) is 0 Å². The number of hydrogen-bond donors (Lipinski definition) is 1. The van der Waals surface area contributed by atoms with Gasteiger partial charge in [-0.25, -0.2) is 12.8 Å². The van der Waals surface area contributed by atoms with Gasteiger partial charge in [0.1, 0.15) is 5.82 Å². The predicted molar refractivity (Wildman–Crippen MR) is 81.7 cm³/mol. The molecule has 1 N–H and O–H groups in total. The van der Waals surface area contributed by atoms with Crippen molar-refractivity contribution in [2.24, 2.45) is 0 Å². The summed E-state index contributed by atoms with van der Waals surface area (Å²) in [5.74, 6) is -0.474. The van der Waals surface area contributed by atoms with Gasteiger partial charge in [-0.2, -0.15) is 0 Å². The quantitative estimate of drug-likeness (QED) is 0.942. The van der Waals surface area contributed by atoms with Gasteiger partial charge < -0.3 is 0 Å². The number of hydrogen-bond acceptors (Lipinski definition) is 2. The van der Waals surface area contributed by atoms with E-state index >= 15 is 0 Å². The van der Waals surface area contributed by atoms with Crippen molar-refractivity contribution in [2.45, 2.75) is 12.8 Å². The highest BCUT2D eigenvalue weighted by Crippen LogP contribution is 2.28. The first-order valence-corrected chi connectivity index (χ1v) is 8.10. The molecule has 5 heteroatoms. The van der Waals surface area contributed by atoms with Crippen LogP contribution in [0.4, 0.5) is 10.1 Å². The summed E-state index contributed by atoms with van der Waals surface area (Å²) in [4.78, 5) is 0.325. The van der Waals surface area contributed by atoms with Crippen LogP contribution in [-0.2, 0) is 16.4 Å².